The van der Waals surface area contributed by atoms with Crippen LogP contribution < -0.4 is 0 Å². The molecule has 1 aliphatic heterocycles. The van der Waals surface area contributed by atoms with Gasteiger partial charge in [0.05, 0.1) is 0 Å². The van der Waals surface area contributed by atoms with Crippen LogP contribution in [0.5, 0.6) is 0 Å². The van der Waals surface area contributed by atoms with Crippen LogP contribution in [0.2, 0.25) is 5.02 Å². The Morgan fingerprint density at radius 1 is 1.13 bits per heavy atom. The average molecular weight is 348 g/mol. The average Bonchev–Trinajstić information content (AvgIpc) is 2.54. The summed E-state index contributed by atoms with van der Waals surface area (Å²) >= 11 is 5.93. The molecule has 1 atom stereocenters. The number of benzene rings is 2. The topological polar surface area (TPSA) is 37.4 Å². The zero-order chi connectivity index (χ0) is 16.2. The van der Waals surface area contributed by atoms with E-state index in [4.69, 9.17) is 11.6 Å². The predicted molar refractivity (Wildman–Crippen MR) is 93.7 cm³/mol. The summed E-state index contributed by atoms with van der Waals surface area (Å²) in [6, 6.07) is 15.5. The Morgan fingerprint density at radius 2 is 1.91 bits per heavy atom. The van der Waals surface area contributed by atoms with Crippen LogP contribution in [0.4, 0.5) is 0 Å². The minimum Gasteiger partial charge on any atom is -0.337 e. The fourth-order valence-electron chi connectivity index (χ4n) is 2.80. The zero-order valence-corrected chi connectivity index (χ0v) is 14.3. The molecule has 0 bridgehead atoms. The number of amides is 1. The molecule has 0 fully saturated rings. The largest absolute Gasteiger partial charge is 0.337 e. The Morgan fingerprint density at radius 3 is 2.70 bits per heavy atom. The van der Waals surface area contributed by atoms with Crippen molar-refractivity contribution in [3.8, 4) is 0 Å². The van der Waals surface area contributed by atoms with Crippen LogP contribution in [0.25, 0.3) is 0 Å². The summed E-state index contributed by atoms with van der Waals surface area (Å²) in [5, 5.41) is 0.624. The molecule has 0 saturated heterocycles. The number of halogens is 1. The second kappa shape index (κ2) is 7.28. The van der Waals surface area contributed by atoms with E-state index in [1.54, 1.807) is 17.0 Å². The summed E-state index contributed by atoms with van der Waals surface area (Å²) in [5.74, 6) is 0.380. The summed E-state index contributed by atoms with van der Waals surface area (Å²) < 4.78 is 12.2. The van der Waals surface area contributed by atoms with Gasteiger partial charge in [0, 0.05) is 34.7 Å². The summed E-state index contributed by atoms with van der Waals surface area (Å²) in [6.45, 7) is 1.31. The molecule has 0 spiro atoms. The minimum atomic E-state index is -1.22. The van der Waals surface area contributed by atoms with Gasteiger partial charge in [0.2, 0.25) is 5.91 Å². The molecule has 23 heavy (non-hydrogen) atoms. The van der Waals surface area contributed by atoms with Crippen LogP contribution in [0, 0.1) is 0 Å². The number of fused-ring (bicyclic) bond motifs is 1. The van der Waals surface area contributed by atoms with E-state index in [1.807, 2.05) is 24.3 Å². The van der Waals surface area contributed by atoms with Crippen molar-refractivity contribution < 1.29 is 9.00 Å². The van der Waals surface area contributed by atoms with E-state index in [0.717, 1.165) is 12.0 Å². The monoisotopic (exact) mass is 347 g/mol. The molecule has 2 aromatic rings. The number of carbonyl (C=O) groups is 1. The van der Waals surface area contributed by atoms with Crippen LogP contribution in [0.15, 0.2) is 48.5 Å². The Hall–Kier alpha value is -1.65. The Balaban J connectivity index is 1.58. The zero-order valence-electron chi connectivity index (χ0n) is 12.7. The lowest BCUT2D eigenvalue weighted by Gasteiger charge is -2.28. The van der Waals surface area contributed by atoms with Gasteiger partial charge in [0.15, 0.2) is 0 Å². The molecule has 0 saturated carbocycles. The number of hydrogen-bond acceptors (Lipinski definition) is 2. The molecule has 0 radical (unpaired) electrons. The van der Waals surface area contributed by atoms with Crippen molar-refractivity contribution in [2.24, 2.45) is 0 Å². The second-order valence-electron chi connectivity index (χ2n) is 5.69. The van der Waals surface area contributed by atoms with Crippen molar-refractivity contribution in [3.05, 3.63) is 70.2 Å². The highest BCUT2D eigenvalue weighted by atomic mass is 35.5. The van der Waals surface area contributed by atoms with E-state index < -0.39 is 10.8 Å². The van der Waals surface area contributed by atoms with Crippen molar-refractivity contribution >= 4 is 28.3 Å². The van der Waals surface area contributed by atoms with Crippen LogP contribution >= 0.6 is 11.6 Å². The number of carbonyl (C=O) groups excluding carboxylic acids is 1. The number of nitrogens with zero attached hydrogens (tertiary/aromatic N) is 1. The minimum absolute atomic E-state index is 0.0418. The number of rotatable bonds is 4. The maximum Gasteiger partial charge on any atom is 0.235 e. The Kier molecular flexibility index (Phi) is 5.13. The lowest BCUT2D eigenvalue weighted by atomic mass is 10.00. The maximum atomic E-state index is 12.4. The third kappa shape index (κ3) is 4.21. The molecule has 1 amide bonds. The summed E-state index contributed by atoms with van der Waals surface area (Å²) in [4.78, 5) is 14.2. The Bertz CT molecular complexity index is 747. The first-order valence-electron chi connectivity index (χ1n) is 7.56. The Labute approximate surface area is 143 Å². The molecule has 0 aliphatic carbocycles. The summed E-state index contributed by atoms with van der Waals surface area (Å²) in [5.41, 5.74) is 3.39. The molecule has 0 unspecified atom stereocenters. The standard InChI is InChI=1S/C18H18ClNO2S/c19-17-7-3-4-14(10-17)12-23(22)13-18(21)20-9-8-15-5-1-2-6-16(15)11-20/h1-7,10H,8-9,11-13H2/t23-/m1/s1. The van der Waals surface area contributed by atoms with Crippen molar-refractivity contribution in [2.75, 3.05) is 12.3 Å². The van der Waals surface area contributed by atoms with E-state index in [9.17, 15) is 9.00 Å². The van der Waals surface area contributed by atoms with Crippen LogP contribution in [0.1, 0.15) is 16.7 Å². The highest BCUT2D eigenvalue weighted by molar-refractivity contribution is 7.84. The van der Waals surface area contributed by atoms with Crippen LogP contribution in [0.3, 0.4) is 0 Å². The van der Waals surface area contributed by atoms with E-state index in [0.29, 0.717) is 23.9 Å². The van der Waals surface area contributed by atoms with Gasteiger partial charge in [-0.1, -0.05) is 48.0 Å². The van der Waals surface area contributed by atoms with Gasteiger partial charge in [-0.05, 0) is 35.2 Å². The fourth-order valence-corrected chi connectivity index (χ4v) is 4.13. The first kappa shape index (κ1) is 16.2. The molecular formula is C18H18ClNO2S. The quantitative estimate of drug-likeness (QED) is 0.851. The lowest BCUT2D eigenvalue weighted by Crippen LogP contribution is -2.38. The highest BCUT2D eigenvalue weighted by Gasteiger charge is 2.21. The van der Waals surface area contributed by atoms with Crippen LogP contribution in [-0.2, 0) is 34.3 Å². The lowest BCUT2D eigenvalue weighted by molar-refractivity contribution is -0.129. The van der Waals surface area contributed by atoms with Gasteiger partial charge in [-0.2, -0.15) is 0 Å². The van der Waals surface area contributed by atoms with Crippen LogP contribution in [-0.4, -0.2) is 27.3 Å². The molecular weight excluding hydrogens is 330 g/mol. The second-order valence-corrected chi connectivity index (χ2v) is 7.59. The predicted octanol–water partition coefficient (Wildman–Crippen LogP) is 3.17. The molecule has 0 aromatic heterocycles. The van der Waals surface area contributed by atoms with Gasteiger partial charge in [0.25, 0.3) is 0 Å². The molecule has 2 aromatic carbocycles. The van der Waals surface area contributed by atoms with Crippen molar-refractivity contribution in [2.45, 2.75) is 18.7 Å². The van der Waals surface area contributed by atoms with E-state index in [2.05, 4.69) is 12.1 Å². The molecule has 5 heteroatoms. The van der Waals surface area contributed by atoms with E-state index in [-0.39, 0.29) is 11.7 Å². The maximum absolute atomic E-state index is 12.4. The highest BCUT2D eigenvalue weighted by Crippen LogP contribution is 2.19. The SMILES string of the molecule is O=C(C[S@](=O)Cc1cccc(Cl)c1)N1CCc2ccccc2C1. The third-order valence-electron chi connectivity index (χ3n) is 3.98. The van der Waals surface area contributed by atoms with Crippen molar-refractivity contribution in [3.63, 3.8) is 0 Å². The number of hydrogen-bond donors (Lipinski definition) is 0. The van der Waals surface area contributed by atoms with Crippen molar-refractivity contribution in [1.82, 2.24) is 4.90 Å². The molecule has 1 aliphatic rings. The van der Waals surface area contributed by atoms with Gasteiger partial charge in [-0.3, -0.25) is 9.00 Å². The first-order chi connectivity index (χ1) is 11.1. The van der Waals surface area contributed by atoms with E-state index in [1.165, 1.54) is 11.1 Å². The molecule has 3 nitrogen and oxygen atoms in total. The van der Waals surface area contributed by atoms with E-state index >= 15 is 0 Å². The van der Waals surface area contributed by atoms with Gasteiger partial charge in [-0.25, -0.2) is 0 Å². The molecule has 120 valence electrons. The van der Waals surface area contributed by atoms with Gasteiger partial charge in [0.1, 0.15) is 5.75 Å². The smallest absolute Gasteiger partial charge is 0.235 e. The first-order valence-corrected chi connectivity index (χ1v) is 9.42. The molecule has 3 rings (SSSR count). The van der Waals surface area contributed by atoms with Gasteiger partial charge in [-0.15, -0.1) is 0 Å². The van der Waals surface area contributed by atoms with Gasteiger partial charge < -0.3 is 4.90 Å². The third-order valence-corrected chi connectivity index (χ3v) is 5.44. The summed E-state index contributed by atoms with van der Waals surface area (Å²) in [6.07, 6.45) is 0.864. The summed E-state index contributed by atoms with van der Waals surface area (Å²) in [7, 11) is -1.22. The molecule has 1 heterocycles. The van der Waals surface area contributed by atoms with Gasteiger partial charge >= 0.3 is 0 Å². The normalized spacial score (nSPS) is 15.1. The van der Waals surface area contributed by atoms with Crippen molar-refractivity contribution in [1.29, 1.82) is 0 Å². The fraction of sp³-hybridized carbons (Fsp3) is 0.278. The molecule has 0 N–H and O–H groups in total.